The van der Waals surface area contributed by atoms with Crippen LogP contribution in [0.25, 0.3) is 0 Å². The largest absolute Gasteiger partial charge is 0.396 e. The minimum atomic E-state index is 0.00144. The predicted molar refractivity (Wildman–Crippen MR) is 41.2 cm³/mol. The molecule has 0 saturated carbocycles. The second kappa shape index (κ2) is 4.04. The fourth-order valence-corrected chi connectivity index (χ4v) is 1.60. The van der Waals surface area contributed by atoms with E-state index in [0.29, 0.717) is 12.3 Å². The minimum absolute atomic E-state index is 0.00144. The van der Waals surface area contributed by atoms with E-state index in [1.54, 1.807) is 0 Å². The van der Waals surface area contributed by atoms with E-state index in [4.69, 9.17) is 14.9 Å². The lowest BCUT2D eigenvalue weighted by molar-refractivity contribution is -0.00390. The molecule has 2 N–H and O–H groups in total. The summed E-state index contributed by atoms with van der Waals surface area (Å²) in [5.74, 6) is 0.472. The van der Waals surface area contributed by atoms with Crippen molar-refractivity contribution in [3.63, 3.8) is 0 Å². The van der Waals surface area contributed by atoms with Crippen molar-refractivity contribution in [1.82, 2.24) is 0 Å². The topological polar surface area (TPSA) is 49.7 Å². The smallest absolute Gasteiger partial charge is 0.0813 e. The molecule has 0 radical (unpaired) electrons. The van der Waals surface area contributed by atoms with E-state index in [-0.39, 0.29) is 25.4 Å². The molecule has 1 rings (SSSR count). The molecule has 3 unspecified atom stereocenters. The van der Waals surface area contributed by atoms with Crippen LogP contribution >= 0.6 is 0 Å². The zero-order valence-electron chi connectivity index (χ0n) is 6.86. The first kappa shape index (κ1) is 8.97. The Balaban J connectivity index is 2.32. The van der Waals surface area contributed by atoms with Crippen LogP contribution < -0.4 is 0 Å². The fourth-order valence-electron chi connectivity index (χ4n) is 1.60. The van der Waals surface area contributed by atoms with E-state index in [9.17, 15) is 0 Å². The second-order valence-corrected chi connectivity index (χ2v) is 3.20. The van der Waals surface area contributed by atoms with Crippen LogP contribution in [0, 0.1) is 5.92 Å². The van der Waals surface area contributed by atoms with Gasteiger partial charge in [0.2, 0.25) is 0 Å². The van der Waals surface area contributed by atoms with Crippen LogP contribution in [0.5, 0.6) is 0 Å². The summed E-state index contributed by atoms with van der Waals surface area (Å²) in [5, 5.41) is 17.4. The van der Waals surface area contributed by atoms with Crippen molar-refractivity contribution < 1.29 is 14.9 Å². The van der Waals surface area contributed by atoms with Crippen molar-refractivity contribution in [2.45, 2.75) is 32.0 Å². The van der Waals surface area contributed by atoms with Gasteiger partial charge in [-0.3, -0.25) is 0 Å². The first-order chi connectivity index (χ1) is 5.27. The van der Waals surface area contributed by atoms with Gasteiger partial charge >= 0.3 is 0 Å². The molecule has 0 aromatic carbocycles. The molecule has 0 aromatic heterocycles. The summed E-state index contributed by atoms with van der Waals surface area (Å²) in [7, 11) is 0. The van der Waals surface area contributed by atoms with E-state index < -0.39 is 0 Å². The highest BCUT2D eigenvalue weighted by Gasteiger charge is 2.30. The molecule has 66 valence electrons. The molecule has 0 bridgehead atoms. The Kier molecular flexibility index (Phi) is 3.30. The molecular formula is C8H16O3. The number of ether oxygens (including phenoxy) is 1. The zero-order chi connectivity index (χ0) is 8.27. The number of rotatable bonds is 3. The fraction of sp³-hybridized carbons (Fsp3) is 1.00. The Morgan fingerprint density at radius 1 is 1.45 bits per heavy atom. The third kappa shape index (κ3) is 2.15. The molecule has 3 atom stereocenters. The molecule has 3 heteroatoms. The van der Waals surface area contributed by atoms with Gasteiger partial charge in [-0.05, 0) is 18.8 Å². The molecule has 0 amide bonds. The lowest BCUT2D eigenvalue weighted by atomic mass is 10.00. The highest BCUT2D eigenvalue weighted by Crippen LogP contribution is 2.27. The van der Waals surface area contributed by atoms with E-state index in [1.165, 1.54) is 0 Å². The third-order valence-electron chi connectivity index (χ3n) is 2.25. The highest BCUT2D eigenvalue weighted by molar-refractivity contribution is 4.78. The third-order valence-corrected chi connectivity index (χ3v) is 2.25. The predicted octanol–water partition coefficient (Wildman–Crippen LogP) is 0.155. The molecule has 0 aromatic rings. The van der Waals surface area contributed by atoms with Crippen LogP contribution in [0.2, 0.25) is 0 Å². The van der Waals surface area contributed by atoms with Gasteiger partial charge in [0.25, 0.3) is 0 Å². The van der Waals surface area contributed by atoms with Gasteiger partial charge in [-0.1, -0.05) is 6.92 Å². The minimum Gasteiger partial charge on any atom is -0.396 e. The van der Waals surface area contributed by atoms with Gasteiger partial charge in [0, 0.05) is 6.61 Å². The van der Waals surface area contributed by atoms with Crippen molar-refractivity contribution in [2.75, 3.05) is 13.2 Å². The molecule has 1 aliphatic rings. The van der Waals surface area contributed by atoms with Gasteiger partial charge in [-0.15, -0.1) is 0 Å². The number of aliphatic hydroxyl groups is 2. The maximum absolute atomic E-state index is 8.78. The van der Waals surface area contributed by atoms with Crippen LogP contribution in [0.4, 0.5) is 0 Å². The van der Waals surface area contributed by atoms with Crippen LogP contribution in [0.15, 0.2) is 0 Å². The number of hydrogen-bond acceptors (Lipinski definition) is 3. The number of aliphatic hydroxyl groups excluding tert-OH is 2. The van der Waals surface area contributed by atoms with Crippen molar-refractivity contribution >= 4 is 0 Å². The summed E-state index contributed by atoms with van der Waals surface area (Å²) >= 11 is 0. The van der Waals surface area contributed by atoms with E-state index >= 15 is 0 Å². The molecule has 1 fully saturated rings. The SMILES string of the molecule is CC1CC(CO)OC1CCO. The summed E-state index contributed by atoms with van der Waals surface area (Å²) in [6.45, 7) is 2.37. The van der Waals surface area contributed by atoms with Crippen molar-refractivity contribution in [3.05, 3.63) is 0 Å². The summed E-state index contributed by atoms with van der Waals surface area (Å²) in [6, 6.07) is 0. The Labute approximate surface area is 67.0 Å². The molecule has 0 aliphatic carbocycles. The zero-order valence-corrected chi connectivity index (χ0v) is 6.86. The van der Waals surface area contributed by atoms with Crippen LogP contribution in [-0.2, 0) is 4.74 Å². The summed E-state index contributed by atoms with van der Waals surface area (Å²) in [6.07, 6.45) is 1.76. The molecule has 1 heterocycles. The average molecular weight is 160 g/mol. The molecule has 1 aliphatic heterocycles. The van der Waals surface area contributed by atoms with Crippen LogP contribution in [0.1, 0.15) is 19.8 Å². The average Bonchev–Trinajstić information content (AvgIpc) is 2.33. The Morgan fingerprint density at radius 2 is 2.18 bits per heavy atom. The molecule has 11 heavy (non-hydrogen) atoms. The molecule has 0 spiro atoms. The molecular weight excluding hydrogens is 144 g/mol. The van der Waals surface area contributed by atoms with Crippen molar-refractivity contribution in [1.29, 1.82) is 0 Å². The second-order valence-electron chi connectivity index (χ2n) is 3.20. The molecule has 1 saturated heterocycles. The van der Waals surface area contributed by atoms with Gasteiger partial charge in [-0.2, -0.15) is 0 Å². The lowest BCUT2D eigenvalue weighted by Gasteiger charge is -2.12. The molecule has 3 nitrogen and oxygen atoms in total. The Hall–Kier alpha value is -0.120. The van der Waals surface area contributed by atoms with Crippen molar-refractivity contribution in [2.24, 2.45) is 5.92 Å². The number of hydrogen-bond donors (Lipinski definition) is 2. The van der Waals surface area contributed by atoms with Gasteiger partial charge in [-0.25, -0.2) is 0 Å². The summed E-state index contributed by atoms with van der Waals surface area (Å²) < 4.78 is 5.45. The lowest BCUT2D eigenvalue weighted by Crippen LogP contribution is -2.17. The van der Waals surface area contributed by atoms with E-state index in [0.717, 1.165) is 6.42 Å². The quantitative estimate of drug-likeness (QED) is 0.618. The monoisotopic (exact) mass is 160 g/mol. The van der Waals surface area contributed by atoms with Gasteiger partial charge in [0.05, 0.1) is 18.8 Å². The van der Waals surface area contributed by atoms with Gasteiger partial charge in [0.15, 0.2) is 0 Å². The maximum Gasteiger partial charge on any atom is 0.0813 e. The van der Waals surface area contributed by atoms with Gasteiger partial charge < -0.3 is 14.9 Å². The summed E-state index contributed by atoms with van der Waals surface area (Å²) in [5.41, 5.74) is 0. The van der Waals surface area contributed by atoms with E-state index in [1.807, 2.05) is 0 Å². The maximum atomic E-state index is 8.78. The van der Waals surface area contributed by atoms with Gasteiger partial charge in [0.1, 0.15) is 0 Å². The first-order valence-corrected chi connectivity index (χ1v) is 4.15. The first-order valence-electron chi connectivity index (χ1n) is 4.15. The highest BCUT2D eigenvalue weighted by atomic mass is 16.5. The normalized spacial score (nSPS) is 37.9. The Bertz CT molecular complexity index is 116. The van der Waals surface area contributed by atoms with Crippen LogP contribution in [-0.4, -0.2) is 35.6 Å². The Morgan fingerprint density at radius 3 is 2.64 bits per heavy atom. The van der Waals surface area contributed by atoms with Crippen LogP contribution in [0.3, 0.4) is 0 Å². The standard InChI is InChI=1S/C8H16O3/c1-6-4-7(5-10)11-8(6)2-3-9/h6-10H,2-5H2,1H3. The summed E-state index contributed by atoms with van der Waals surface area (Å²) in [4.78, 5) is 0. The van der Waals surface area contributed by atoms with E-state index in [2.05, 4.69) is 6.92 Å². The van der Waals surface area contributed by atoms with Crippen molar-refractivity contribution in [3.8, 4) is 0 Å².